The topological polar surface area (TPSA) is 86.7 Å². The maximum atomic E-state index is 12.2. The third kappa shape index (κ3) is 3.17. The minimum atomic E-state index is -3.46. The van der Waals surface area contributed by atoms with E-state index in [2.05, 4.69) is 5.32 Å². The summed E-state index contributed by atoms with van der Waals surface area (Å²) in [5.74, 6) is -0.0823. The highest BCUT2D eigenvalue weighted by molar-refractivity contribution is 7.89. The van der Waals surface area contributed by atoms with E-state index in [-0.39, 0.29) is 23.3 Å². The van der Waals surface area contributed by atoms with Gasteiger partial charge >= 0.3 is 0 Å². The molecule has 0 atom stereocenters. The molecule has 1 heterocycles. The van der Waals surface area contributed by atoms with Gasteiger partial charge in [0.1, 0.15) is 0 Å². The van der Waals surface area contributed by atoms with Crippen LogP contribution in [0.25, 0.3) is 0 Å². The van der Waals surface area contributed by atoms with Gasteiger partial charge in [0.25, 0.3) is 0 Å². The molecule has 0 spiro atoms. The summed E-state index contributed by atoms with van der Waals surface area (Å²) >= 11 is 0. The molecule has 1 amide bonds. The van der Waals surface area contributed by atoms with E-state index in [0.717, 1.165) is 5.56 Å². The van der Waals surface area contributed by atoms with Crippen molar-refractivity contribution in [2.24, 2.45) is 5.92 Å². The third-order valence-electron chi connectivity index (χ3n) is 3.28. The van der Waals surface area contributed by atoms with Crippen molar-refractivity contribution >= 4 is 15.9 Å². The molecule has 1 aromatic rings. The highest BCUT2D eigenvalue weighted by Gasteiger charge is 2.36. The lowest BCUT2D eigenvalue weighted by atomic mass is 10.1. The van der Waals surface area contributed by atoms with Gasteiger partial charge in [-0.2, -0.15) is 4.31 Å². The molecular weight excluding hydrogens is 280 g/mol. The zero-order valence-electron chi connectivity index (χ0n) is 11.2. The van der Waals surface area contributed by atoms with Crippen LogP contribution in [0.1, 0.15) is 12.5 Å². The van der Waals surface area contributed by atoms with Gasteiger partial charge in [-0.05, 0) is 17.7 Å². The van der Waals surface area contributed by atoms with E-state index in [1.54, 1.807) is 24.3 Å². The molecule has 0 unspecified atom stereocenters. The maximum absolute atomic E-state index is 12.2. The lowest BCUT2D eigenvalue weighted by Crippen LogP contribution is -2.51. The number of benzene rings is 1. The highest BCUT2D eigenvalue weighted by Crippen LogP contribution is 2.24. The molecular formula is C13H18N2O4S. The summed E-state index contributed by atoms with van der Waals surface area (Å²) in [6, 6.07) is 6.45. The van der Waals surface area contributed by atoms with Crippen molar-refractivity contribution in [3.63, 3.8) is 0 Å². The van der Waals surface area contributed by atoms with Crippen molar-refractivity contribution < 1.29 is 18.3 Å². The molecule has 1 aromatic carbocycles. The Balaban J connectivity index is 2.04. The van der Waals surface area contributed by atoms with Gasteiger partial charge < -0.3 is 10.4 Å². The van der Waals surface area contributed by atoms with E-state index < -0.39 is 10.0 Å². The molecule has 1 aliphatic heterocycles. The van der Waals surface area contributed by atoms with E-state index in [1.165, 1.54) is 11.2 Å². The Labute approximate surface area is 118 Å². The van der Waals surface area contributed by atoms with Crippen molar-refractivity contribution in [1.82, 2.24) is 9.62 Å². The van der Waals surface area contributed by atoms with Gasteiger partial charge in [-0.15, -0.1) is 0 Å². The van der Waals surface area contributed by atoms with E-state index in [0.29, 0.717) is 19.6 Å². The number of hydrogen-bond acceptors (Lipinski definition) is 4. The van der Waals surface area contributed by atoms with E-state index in [9.17, 15) is 13.2 Å². The normalized spacial score (nSPS) is 16.7. The molecule has 2 N–H and O–H groups in total. The second-order valence-corrected chi connectivity index (χ2v) is 6.86. The molecule has 2 rings (SSSR count). The summed E-state index contributed by atoms with van der Waals surface area (Å²) in [5, 5.41) is 11.6. The van der Waals surface area contributed by atoms with Crippen molar-refractivity contribution in [2.75, 3.05) is 19.7 Å². The maximum Gasteiger partial charge on any atom is 0.243 e. The molecule has 0 aromatic heterocycles. The van der Waals surface area contributed by atoms with Crippen molar-refractivity contribution in [3.8, 4) is 0 Å². The van der Waals surface area contributed by atoms with Crippen LogP contribution < -0.4 is 5.32 Å². The molecule has 1 fully saturated rings. The molecule has 110 valence electrons. The first-order valence-corrected chi connectivity index (χ1v) is 7.82. The van der Waals surface area contributed by atoms with E-state index in [4.69, 9.17) is 5.11 Å². The van der Waals surface area contributed by atoms with Crippen LogP contribution in [0.2, 0.25) is 0 Å². The van der Waals surface area contributed by atoms with Gasteiger partial charge in [0, 0.05) is 39.1 Å². The van der Waals surface area contributed by atoms with Crippen LogP contribution in [0.4, 0.5) is 0 Å². The average Bonchev–Trinajstić information content (AvgIpc) is 2.35. The standard InChI is InChI=1S/C13H18N2O4S/c1-10(17)14-6-11-2-4-13(5-3-11)20(18,19)15-7-12(8-15)9-16/h2-5,12,16H,6-9H2,1H3,(H,14,17). The SMILES string of the molecule is CC(=O)NCc1ccc(S(=O)(=O)N2CC(CO)C2)cc1. The smallest absolute Gasteiger partial charge is 0.243 e. The quantitative estimate of drug-likeness (QED) is 0.797. The van der Waals surface area contributed by atoms with Crippen molar-refractivity contribution in [1.29, 1.82) is 0 Å². The van der Waals surface area contributed by atoms with Crippen LogP contribution >= 0.6 is 0 Å². The van der Waals surface area contributed by atoms with Gasteiger partial charge in [0.05, 0.1) is 4.90 Å². The van der Waals surface area contributed by atoms with Gasteiger partial charge in [-0.3, -0.25) is 4.79 Å². The number of hydrogen-bond donors (Lipinski definition) is 2. The molecule has 0 saturated carbocycles. The predicted molar refractivity (Wildman–Crippen MR) is 73.3 cm³/mol. The Bertz CT molecular complexity index is 577. The number of rotatable bonds is 5. The van der Waals surface area contributed by atoms with Crippen LogP contribution in [0.5, 0.6) is 0 Å². The van der Waals surface area contributed by atoms with Crippen LogP contribution in [0.3, 0.4) is 0 Å². The minimum absolute atomic E-state index is 0.0155. The molecule has 0 bridgehead atoms. The lowest BCUT2D eigenvalue weighted by molar-refractivity contribution is -0.119. The summed E-state index contributed by atoms with van der Waals surface area (Å²) in [4.78, 5) is 11.0. The van der Waals surface area contributed by atoms with Gasteiger partial charge in [-0.1, -0.05) is 12.1 Å². The van der Waals surface area contributed by atoms with Crippen LogP contribution in [-0.2, 0) is 21.4 Å². The zero-order chi connectivity index (χ0) is 14.8. The van der Waals surface area contributed by atoms with Crippen molar-refractivity contribution in [2.45, 2.75) is 18.4 Å². The first-order valence-electron chi connectivity index (χ1n) is 6.38. The first-order chi connectivity index (χ1) is 9.43. The van der Waals surface area contributed by atoms with Crippen LogP contribution in [-0.4, -0.2) is 43.4 Å². The fraction of sp³-hybridized carbons (Fsp3) is 0.462. The van der Waals surface area contributed by atoms with E-state index >= 15 is 0 Å². The second-order valence-electron chi connectivity index (χ2n) is 4.92. The molecule has 20 heavy (non-hydrogen) atoms. The summed E-state index contributed by atoms with van der Waals surface area (Å²) in [5.41, 5.74) is 0.844. The Hall–Kier alpha value is -1.44. The fourth-order valence-electron chi connectivity index (χ4n) is 1.99. The minimum Gasteiger partial charge on any atom is -0.396 e. The molecule has 1 aliphatic rings. The molecule has 0 radical (unpaired) electrons. The van der Waals surface area contributed by atoms with Gasteiger partial charge in [-0.25, -0.2) is 8.42 Å². The Morgan fingerprint density at radius 1 is 1.35 bits per heavy atom. The largest absolute Gasteiger partial charge is 0.396 e. The number of nitrogens with one attached hydrogen (secondary N) is 1. The van der Waals surface area contributed by atoms with Gasteiger partial charge in [0.2, 0.25) is 15.9 Å². The summed E-state index contributed by atoms with van der Waals surface area (Å²) in [6.07, 6.45) is 0. The number of amides is 1. The number of aliphatic hydroxyl groups is 1. The predicted octanol–water partition coefficient (Wildman–Crippen LogP) is -0.0645. The van der Waals surface area contributed by atoms with Gasteiger partial charge in [0.15, 0.2) is 0 Å². The number of sulfonamides is 1. The first kappa shape index (κ1) is 15.0. The monoisotopic (exact) mass is 298 g/mol. The summed E-state index contributed by atoms with van der Waals surface area (Å²) in [7, 11) is -3.46. The summed E-state index contributed by atoms with van der Waals surface area (Å²) < 4.78 is 25.8. The molecule has 0 aliphatic carbocycles. The highest BCUT2D eigenvalue weighted by atomic mass is 32.2. The zero-order valence-corrected chi connectivity index (χ0v) is 12.1. The number of aliphatic hydroxyl groups excluding tert-OH is 1. The number of carbonyl (C=O) groups is 1. The molecule has 7 heteroatoms. The van der Waals surface area contributed by atoms with Crippen molar-refractivity contribution in [3.05, 3.63) is 29.8 Å². The molecule has 6 nitrogen and oxygen atoms in total. The fourth-order valence-corrected chi connectivity index (χ4v) is 3.58. The van der Waals surface area contributed by atoms with Crippen LogP contribution in [0, 0.1) is 5.92 Å². The molecule has 1 saturated heterocycles. The van der Waals surface area contributed by atoms with Crippen LogP contribution in [0.15, 0.2) is 29.2 Å². The second kappa shape index (κ2) is 5.90. The lowest BCUT2D eigenvalue weighted by Gasteiger charge is -2.36. The Kier molecular flexibility index (Phi) is 4.42. The average molecular weight is 298 g/mol. The van der Waals surface area contributed by atoms with E-state index in [1.807, 2.05) is 0 Å². The Morgan fingerprint density at radius 3 is 2.45 bits per heavy atom. The number of nitrogens with zero attached hydrogens (tertiary/aromatic N) is 1. The third-order valence-corrected chi connectivity index (χ3v) is 5.13. The number of carbonyl (C=O) groups excluding carboxylic acids is 1. The summed E-state index contributed by atoms with van der Waals surface area (Å²) in [6.45, 7) is 2.56. The Morgan fingerprint density at radius 2 is 1.95 bits per heavy atom.